The van der Waals surface area contributed by atoms with Crippen LogP contribution in [0.4, 0.5) is 10.5 Å². The van der Waals surface area contributed by atoms with Gasteiger partial charge in [0, 0.05) is 11.3 Å². The summed E-state index contributed by atoms with van der Waals surface area (Å²) in [7, 11) is 1.37. The lowest BCUT2D eigenvalue weighted by Gasteiger charge is -2.07. The summed E-state index contributed by atoms with van der Waals surface area (Å²) in [6, 6.07) is 4.99. The third-order valence-electron chi connectivity index (χ3n) is 2.28. The van der Waals surface area contributed by atoms with E-state index in [-0.39, 0.29) is 11.6 Å². The molecule has 4 nitrogen and oxygen atoms in total. The Hall–Kier alpha value is -1.62. The first-order valence-corrected chi connectivity index (χ1v) is 5.60. The minimum atomic E-state index is -1.05. The van der Waals surface area contributed by atoms with Crippen LogP contribution in [0.5, 0.6) is 0 Å². The number of benzene rings is 1. The standard InChI is InChI=1S/C10H9BNO3.C2H6/c1-5(13)9(14)6-3-2-4-7-8(6)11-10(15)12-7;1-2/h2-5,13H,1H3,(H,12,15);1-2H3. The van der Waals surface area contributed by atoms with E-state index >= 15 is 0 Å². The number of carbonyl (C=O) groups is 2. The summed E-state index contributed by atoms with van der Waals surface area (Å²) in [5.74, 6) is -0.615. The molecule has 5 heteroatoms. The van der Waals surface area contributed by atoms with Gasteiger partial charge in [0.05, 0.1) is 0 Å². The van der Waals surface area contributed by atoms with Crippen LogP contribution >= 0.6 is 0 Å². The van der Waals surface area contributed by atoms with E-state index in [0.29, 0.717) is 16.7 Å². The average Bonchev–Trinajstić information content (AvgIpc) is 2.70. The van der Waals surface area contributed by atoms with Gasteiger partial charge in [0.1, 0.15) is 6.10 Å². The minimum absolute atomic E-state index is 0.240. The van der Waals surface area contributed by atoms with Gasteiger partial charge >= 0.3 is 0 Å². The molecule has 17 heavy (non-hydrogen) atoms. The maximum atomic E-state index is 11.6. The molecular formula is C12H15BNO3. The van der Waals surface area contributed by atoms with E-state index < -0.39 is 6.10 Å². The van der Waals surface area contributed by atoms with E-state index in [9.17, 15) is 14.7 Å². The van der Waals surface area contributed by atoms with Crippen LogP contribution in [0.15, 0.2) is 18.2 Å². The fourth-order valence-electron chi connectivity index (χ4n) is 1.57. The van der Waals surface area contributed by atoms with Gasteiger partial charge < -0.3 is 10.4 Å². The van der Waals surface area contributed by atoms with Crippen molar-refractivity contribution in [1.29, 1.82) is 0 Å². The molecule has 2 rings (SSSR count). The van der Waals surface area contributed by atoms with E-state index in [4.69, 9.17) is 0 Å². The van der Waals surface area contributed by atoms with Gasteiger partial charge in [-0.25, -0.2) is 0 Å². The highest BCUT2D eigenvalue weighted by Crippen LogP contribution is 2.14. The molecule has 0 fully saturated rings. The summed E-state index contributed by atoms with van der Waals surface area (Å²) in [5, 5.41) is 11.8. The lowest BCUT2D eigenvalue weighted by molar-refractivity contribution is 0.0781. The number of Topliss-reactive ketones (excluding diaryl/α,β-unsaturated/α-hetero) is 1. The van der Waals surface area contributed by atoms with Crippen molar-refractivity contribution < 1.29 is 14.7 Å². The summed E-state index contributed by atoms with van der Waals surface area (Å²) in [5.41, 5.74) is 1.56. The van der Waals surface area contributed by atoms with E-state index in [1.807, 2.05) is 13.8 Å². The zero-order valence-corrected chi connectivity index (χ0v) is 10.2. The first-order valence-electron chi connectivity index (χ1n) is 5.60. The molecule has 0 spiro atoms. The number of hydrogen-bond acceptors (Lipinski definition) is 3. The zero-order chi connectivity index (χ0) is 13.0. The number of ketones is 1. The molecule has 1 amide bonds. The second-order valence-corrected chi connectivity index (χ2v) is 3.44. The Kier molecular flexibility index (Phi) is 4.46. The normalized spacial score (nSPS) is 13.8. The second-order valence-electron chi connectivity index (χ2n) is 3.44. The van der Waals surface area contributed by atoms with E-state index in [0.717, 1.165) is 0 Å². The molecule has 0 bridgehead atoms. The highest BCUT2D eigenvalue weighted by atomic mass is 16.3. The molecule has 1 radical (unpaired) electrons. The van der Waals surface area contributed by atoms with Crippen LogP contribution in [-0.2, 0) is 0 Å². The van der Waals surface area contributed by atoms with E-state index in [2.05, 4.69) is 5.32 Å². The van der Waals surface area contributed by atoms with Gasteiger partial charge in [-0.05, 0) is 18.5 Å². The summed E-state index contributed by atoms with van der Waals surface area (Å²) >= 11 is 0. The van der Waals surface area contributed by atoms with Crippen molar-refractivity contribution in [2.45, 2.75) is 26.9 Å². The van der Waals surface area contributed by atoms with E-state index in [1.165, 1.54) is 14.2 Å². The van der Waals surface area contributed by atoms with Crippen molar-refractivity contribution in [3.05, 3.63) is 23.8 Å². The lowest BCUT2D eigenvalue weighted by atomic mass is 9.69. The first-order chi connectivity index (χ1) is 8.09. The number of fused-ring (bicyclic) bond motifs is 1. The second kappa shape index (κ2) is 5.64. The SMILES string of the molecule is CC.CC(O)C(=O)c1cccc2c1[B]C(=O)N2. The molecule has 1 aromatic rings. The topological polar surface area (TPSA) is 66.4 Å². The maximum absolute atomic E-state index is 11.6. The van der Waals surface area contributed by atoms with Gasteiger partial charge in [-0.3, -0.25) is 9.59 Å². The summed E-state index contributed by atoms with van der Waals surface area (Å²) in [6.07, 6.45) is -1.05. The Balaban J connectivity index is 0.000000686. The largest absolute Gasteiger partial charge is 0.385 e. The Morgan fingerprint density at radius 3 is 2.65 bits per heavy atom. The van der Waals surface area contributed by atoms with Crippen LogP contribution in [0.25, 0.3) is 0 Å². The molecule has 1 aliphatic heterocycles. The van der Waals surface area contributed by atoms with Crippen molar-refractivity contribution in [3.63, 3.8) is 0 Å². The zero-order valence-electron chi connectivity index (χ0n) is 10.2. The van der Waals surface area contributed by atoms with Gasteiger partial charge in [0.2, 0.25) is 0 Å². The number of hydrogen-bond donors (Lipinski definition) is 2. The molecule has 89 valence electrons. The van der Waals surface area contributed by atoms with Crippen LogP contribution in [0.1, 0.15) is 31.1 Å². The monoisotopic (exact) mass is 232 g/mol. The predicted octanol–water partition coefficient (Wildman–Crippen LogP) is 1.15. The van der Waals surface area contributed by atoms with Crippen molar-refractivity contribution in [1.82, 2.24) is 0 Å². The van der Waals surface area contributed by atoms with Crippen LogP contribution in [-0.4, -0.2) is 30.1 Å². The average molecular weight is 232 g/mol. The number of aliphatic hydroxyl groups excluding tert-OH is 1. The third-order valence-corrected chi connectivity index (χ3v) is 2.28. The number of amides is 1. The van der Waals surface area contributed by atoms with Crippen molar-refractivity contribution >= 4 is 30.0 Å². The number of nitrogens with one attached hydrogen (secondary N) is 1. The molecule has 0 saturated carbocycles. The van der Waals surface area contributed by atoms with Crippen LogP contribution in [0, 0.1) is 0 Å². The third kappa shape index (κ3) is 2.74. The highest BCUT2D eigenvalue weighted by molar-refractivity contribution is 6.90. The van der Waals surface area contributed by atoms with Crippen molar-refractivity contribution in [2.24, 2.45) is 0 Å². The van der Waals surface area contributed by atoms with Crippen LogP contribution < -0.4 is 10.8 Å². The molecule has 1 aromatic carbocycles. The van der Waals surface area contributed by atoms with Gasteiger partial charge in [-0.1, -0.05) is 26.0 Å². The van der Waals surface area contributed by atoms with Gasteiger partial charge in [0.15, 0.2) is 11.6 Å². The first kappa shape index (κ1) is 13.4. The molecule has 1 atom stereocenters. The Morgan fingerprint density at radius 1 is 1.41 bits per heavy atom. The lowest BCUT2D eigenvalue weighted by Crippen LogP contribution is -2.27. The van der Waals surface area contributed by atoms with Crippen LogP contribution in [0.3, 0.4) is 0 Å². The smallest absolute Gasteiger partial charge is 0.275 e. The van der Waals surface area contributed by atoms with Crippen molar-refractivity contribution in [2.75, 3.05) is 5.32 Å². The Labute approximate surface area is 101 Å². The predicted molar refractivity (Wildman–Crippen MR) is 68.2 cm³/mol. The number of carbonyl (C=O) groups excluding carboxylic acids is 2. The number of aliphatic hydroxyl groups is 1. The molecule has 0 aliphatic carbocycles. The fraction of sp³-hybridized carbons (Fsp3) is 0.333. The molecule has 1 aliphatic rings. The van der Waals surface area contributed by atoms with E-state index in [1.54, 1.807) is 18.2 Å². The molecule has 2 N–H and O–H groups in total. The van der Waals surface area contributed by atoms with Crippen LogP contribution in [0.2, 0.25) is 0 Å². The summed E-state index contributed by atoms with van der Waals surface area (Å²) < 4.78 is 0. The van der Waals surface area contributed by atoms with Gasteiger partial charge in [-0.15, -0.1) is 0 Å². The van der Waals surface area contributed by atoms with Gasteiger partial charge in [-0.2, -0.15) is 0 Å². The molecular weight excluding hydrogens is 217 g/mol. The maximum Gasteiger partial charge on any atom is 0.275 e. The molecule has 1 unspecified atom stereocenters. The molecule has 0 saturated heterocycles. The van der Waals surface area contributed by atoms with Gasteiger partial charge in [0.25, 0.3) is 7.28 Å². The van der Waals surface area contributed by atoms with Crippen molar-refractivity contribution in [3.8, 4) is 0 Å². The molecule has 0 aromatic heterocycles. The quantitative estimate of drug-likeness (QED) is 0.593. The number of rotatable bonds is 2. The number of anilines is 1. The summed E-state index contributed by atoms with van der Waals surface area (Å²) in [4.78, 5) is 22.7. The molecule has 1 heterocycles. The highest BCUT2D eigenvalue weighted by Gasteiger charge is 2.26. The fourth-order valence-corrected chi connectivity index (χ4v) is 1.57. The summed E-state index contributed by atoms with van der Waals surface area (Å²) in [6.45, 7) is 5.41. The Bertz CT molecular complexity index is 443. The Morgan fingerprint density at radius 2 is 2.06 bits per heavy atom. The minimum Gasteiger partial charge on any atom is -0.385 e.